The van der Waals surface area contributed by atoms with Gasteiger partial charge < -0.3 is 20.0 Å². The van der Waals surface area contributed by atoms with E-state index in [4.69, 9.17) is 0 Å². The number of phenols is 2. The van der Waals surface area contributed by atoms with Crippen molar-refractivity contribution < 1.29 is 19.5 Å². The number of amides is 1. The Balaban J connectivity index is 2.56. The number of nitrogens with one attached hydrogen (secondary N) is 1. The molecule has 3 N–H and O–H groups in total. The van der Waals surface area contributed by atoms with Crippen LogP contribution in [0.5, 0.6) is 11.5 Å². The van der Waals surface area contributed by atoms with Crippen molar-refractivity contribution in [1.82, 2.24) is 0 Å². The highest BCUT2D eigenvalue weighted by Gasteiger charge is 2.11. The summed E-state index contributed by atoms with van der Waals surface area (Å²) in [6.45, 7) is 0.719. The van der Waals surface area contributed by atoms with Crippen molar-refractivity contribution in [2.75, 3.05) is 33.0 Å². The maximum absolute atomic E-state index is 11.6. The average Bonchev–Trinajstić information content (AvgIpc) is 2.11. The fourth-order valence-corrected chi connectivity index (χ4v) is 1.33. The molecule has 1 aromatic rings. The van der Waals surface area contributed by atoms with Crippen LogP contribution in [-0.4, -0.2) is 48.3 Å². The van der Waals surface area contributed by atoms with E-state index in [0.717, 1.165) is 6.54 Å². The minimum absolute atomic E-state index is 0.0769. The molecule has 1 aromatic carbocycles. The van der Waals surface area contributed by atoms with Crippen LogP contribution in [0.1, 0.15) is 6.42 Å². The molecule has 94 valence electrons. The predicted octanol–water partition coefficient (Wildman–Crippen LogP) is 1.13. The van der Waals surface area contributed by atoms with Crippen molar-refractivity contribution in [2.45, 2.75) is 6.42 Å². The summed E-state index contributed by atoms with van der Waals surface area (Å²) in [5, 5.41) is 21.1. The van der Waals surface area contributed by atoms with E-state index in [2.05, 4.69) is 5.32 Å². The van der Waals surface area contributed by atoms with E-state index in [1.807, 2.05) is 21.1 Å². The molecule has 0 aliphatic heterocycles. The summed E-state index contributed by atoms with van der Waals surface area (Å²) < 4.78 is 0.707. The first kappa shape index (κ1) is 13.3. The molecular formula is C12H19N2O3+. The summed E-state index contributed by atoms with van der Waals surface area (Å²) in [6, 6.07) is 3.99. The van der Waals surface area contributed by atoms with Crippen LogP contribution in [0.15, 0.2) is 18.2 Å². The van der Waals surface area contributed by atoms with Crippen molar-refractivity contribution in [2.24, 2.45) is 0 Å². The Morgan fingerprint density at radius 3 is 2.18 bits per heavy atom. The molecule has 0 heterocycles. The van der Waals surface area contributed by atoms with Gasteiger partial charge in [-0.2, -0.15) is 0 Å². The monoisotopic (exact) mass is 239 g/mol. The zero-order valence-corrected chi connectivity index (χ0v) is 10.4. The normalized spacial score (nSPS) is 11.2. The molecule has 0 saturated heterocycles. The van der Waals surface area contributed by atoms with Crippen LogP contribution < -0.4 is 5.32 Å². The Labute approximate surface area is 101 Å². The zero-order valence-electron chi connectivity index (χ0n) is 10.4. The zero-order chi connectivity index (χ0) is 13.1. The molecule has 0 bridgehead atoms. The molecule has 5 nitrogen and oxygen atoms in total. The number of nitrogens with zero attached hydrogens (tertiary/aromatic N) is 1. The van der Waals surface area contributed by atoms with Crippen LogP contribution in [0.25, 0.3) is 0 Å². The van der Waals surface area contributed by atoms with E-state index in [0.29, 0.717) is 16.6 Å². The SMILES string of the molecule is C[N+](C)(C)CCC(=O)Nc1cc(O)cc(O)c1. The number of anilines is 1. The van der Waals surface area contributed by atoms with Crippen LogP contribution in [0, 0.1) is 0 Å². The lowest BCUT2D eigenvalue weighted by Gasteiger charge is -2.23. The molecule has 5 heteroatoms. The standard InChI is InChI=1S/C12H18N2O3/c1-14(2,3)5-4-12(17)13-9-6-10(15)8-11(16)7-9/h6-8H,4-5H2,1-3H3,(H2-,13,15,16,17)/p+1. The number of carbonyl (C=O) groups is 1. The van der Waals surface area contributed by atoms with Gasteiger partial charge in [-0.3, -0.25) is 4.79 Å². The van der Waals surface area contributed by atoms with E-state index in [9.17, 15) is 15.0 Å². The lowest BCUT2D eigenvalue weighted by molar-refractivity contribution is -0.869. The summed E-state index contributed by atoms with van der Waals surface area (Å²) >= 11 is 0. The first-order chi connectivity index (χ1) is 7.76. The van der Waals surface area contributed by atoms with Gasteiger partial charge in [0.2, 0.25) is 5.91 Å². The molecule has 0 unspecified atom stereocenters. The molecule has 0 radical (unpaired) electrons. The Morgan fingerprint density at radius 1 is 1.18 bits per heavy atom. The second kappa shape index (κ2) is 5.05. The van der Waals surface area contributed by atoms with Crippen LogP contribution in [-0.2, 0) is 4.79 Å². The largest absolute Gasteiger partial charge is 0.508 e. The third kappa shape index (κ3) is 5.21. The molecule has 1 amide bonds. The smallest absolute Gasteiger partial charge is 0.230 e. The topological polar surface area (TPSA) is 69.6 Å². The number of phenolic OH excluding ortho intramolecular Hbond substituents is 2. The highest BCUT2D eigenvalue weighted by molar-refractivity contribution is 5.91. The van der Waals surface area contributed by atoms with Crippen LogP contribution in [0.3, 0.4) is 0 Å². The van der Waals surface area contributed by atoms with Gasteiger partial charge in [0, 0.05) is 23.9 Å². The van der Waals surface area contributed by atoms with Crippen molar-refractivity contribution in [3.05, 3.63) is 18.2 Å². The highest BCUT2D eigenvalue weighted by Crippen LogP contribution is 2.23. The van der Waals surface area contributed by atoms with Gasteiger partial charge in [0.1, 0.15) is 11.5 Å². The molecule has 0 atom stereocenters. The lowest BCUT2D eigenvalue weighted by Crippen LogP contribution is -2.37. The minimum atomic E-state index is -0.136. The van der Waals surface area contributed by atoms with Gasteiger partial charge in [-0.05, 0) is 0 Å². The summed E-state index contributed by atoms with van der Waals surface area (Å²) in [4.78, 5) is 11.6. The number of benzene rings is 1. The molecule has 0 aromatic heterocycles. The molecule has 1 rings (SSSR count). The Kier molecular flexibility index (Phi) is 3.96. The summed E-state index contributed by atoms with van der Waals surface area (Å²) in [6.07, 6.45) is 0.389. The number of hydrogen-bond acceptors (Lipinski definition) is 3. The quantitative estimate of drug-likeness (QED) is 0.690. The van der Waals surface area contributed by atoms with Gasteiger partial charge >= 0.3 is 0 Å². The fourth-order valence-electron chi connectivity index (χ4n) is 1.33. The second-order valence-corrected chi connectivity index (χ2v) is 5.05. The number of aromatic hydroxyl groups is 2. The fraction of sp³-hybridized carbons (Fsp3) is 0.417. The van der Waals surface area contributed by atoms with Gasteiger partial charge in [0.05, 0.1) is 34.1 Å². The number of rotatable bonds is 4. The number of hydrogen-bond donors (Lipinski definition) is 3. The van der Waals surface area contributed by atoms with Gasteiger partial charge in [-0.15, -0.1) is 0 Å². The summed E-state index contributed by atoms with van der Waals surface area (Å²) in [5.74, 6) is -0.290. The minimum Gasteiger partial charge on any atom is -0.508 e. The number of carbonyl (C=O) groups excluding carboxylic acids is 1. The van der Waals surface area contributed by atoms with Gasteiger partial charge in [-0.1, -0.05) is 0 Å². The first-order valence-corrected chi connectivity index (χ1v) is 5.39. The molecule has 17 heavy (non-hydrogen) atoms. The van der Waals surface area contributed by atoms with E-state index < -0.39 is 0 Å². The molecule has 0 spiro atoms. The van der Waals surface area contributed by atoms with Crippen LogP contribution in [0.2, 0.25) is 0 Å². The highest BCUT2D eigenvalue weighted by atomic mass is 16.3. The van der Waals surface area contributed by atoms with Gasteiger partial charge in [-0.25, -0.2) is 0 Å². The summed E-state index contributed by atoms with van der Waals surface area (Å²) in [7, 11) is 6.02. The third-order valence-electron chi connectivity index (χ3n) is 2.20. The lowest BCUT2D eigenvalue weighted by atomic mass is 10.2. The van der Waals surface area contributed by atoms with Crippen LogP contribution in [0.4, 0.5) is 5.69 Å². The first-order valence-electron chi connectivity index (χ1n) is 5.39. The van der Waals surface area contributed by atoms with E-state index >= 15 is 0 Å². The third-order valence-corrected chi connectivity index (χ3v) is 2.20. The van der Waals surface area contributed by atoms with E-state index in [1.165, 1.54) is 18.2 Å². The second-order valence-electron chi connectivity index (χ2n) is 5.05. The van der Waals surface area contributed by atoms with E-state index in [-0.39, 0.29) is 17.4 Å². The number of quaternary nitrogens is 1. The summed E-state index contributed by atoms with van der Waals surface area (Å²) in [5.41, 5.74) is 0.397. The molecule has 0 saturated carbocycles. The maximum Gasteiger partial charge on any atom is 0.230 e. The van der Waals surface area contributed by atoms with Crippen molar-refractivity contribution in [1.29, 1.82) is 0 Å². The van der Waals surface area contributed by atoms with Crippen molar-refractivity contribution in [3.63, 3.8) is 0 Å². The average molecular weight is 239 g/mol. The predicted molar refractivity (Wildman–Crippen MR) is 65.9 cm³/mol. The molecule has 0 fully saturated rings. The molecule has 0 aliphatic rings. The van der Waals surface area contributed by atoms with Crippen LogP contribution >= 0.6 is 0 Å². The Hall–Kier alpha value is -1.75. The van der Waals surface area contributed by atoms with Crippen molar-refractivity contribution in [3.8, 4) is 11.5 Å². The Morgan fingerprint density at radius 2 is 1.71 bits per heavy atom. The maximum atomic E-state index is 11.6. The molecular weight excluding hydrogens is 220 g/mol. The molecule has 0 aliphatic carbocycles. The van der Waals surface area contributed by atoms with Gasteiger partial charge in [0.15, 0.2) is 0 Å². The van der Waals surface area contributed by atoms with E-state index in [1.54, 1.807) is 0 Å². The van der Waals surface area contributed by atoms with Gasteiger partial charge in [0.25, 0.3) is 0 Å². The Bertz CT molecular complexity index is 390. The van der Waals surface area contributed by atoms with Crippen molar-refractivity contribution >= 4 is 11.6 Å².